The summed E-state index contributed by atoms with van der Waals surface area (Å²) in [6, 6.07) is 4.40. The summed E-state index contributed by atoms with van der Waals surface area (Å²) in [5.74, 6) is 0.316. The van der Waals surface area contributed by atoms with Crippen molar-refractivity contribution in [1.82, 2.24) is 20.0 Å². The Balaban J connectivity index is 1.68. The molecule has 2 N–H and O–H groups in total. The Morgan fingerprint density at radius 2 is 2.07 bits per heavy atom. The van der Waals surface area contributed by atoms with Gasteiger partial charge in [-0.05, 0) is 56.3 Å². The number of rotatable bonds is 6. The van der Waals surface area contributed by atoms with Crippen LogP contribution in [0.3, 0.4) is 0 Å². The first-order valence-electron chi connectivity index (χ1n) is 10.1. The number of piperidine rings is 3. The molecule has 6 nitrogen and oxygen atoms in total. The molecule has 0 radical (unpaired) electrons. The monoisotopic (exact) mass is 370 g/mol. The van der Waals surface area contributed by atoms with Crippen LogP contribution in [0.4, 0.5) is 0 Å². The van der Waals surface area contributed by atoms with Crippen molar-refractivity contribution in [3.05, 3.63) is 29.0 Å². The Labute approximate surface area is 160 Å². The fraction of sp³-hybridized carbons (Fsp3) is 0.619. The molecule has 2 bridgehead atoms. The van der Waals surface area contributed by atoms with E-state index in [1.807, 2.05) is 23.7 Å². The zero-order valence-electron chi connectivity index (χ0n) is 16.5. The minimum Gasteiger partial charge on any atom is -0.478 e. The predicted octanol–water partition coefficient (Wildman–Crippen LogP) is 2.88. The van der Waals surface area contributed by atoms with Gasteiger partial charge in [-0.3, -0.25) is 4.68 Å². The zero-order chi connectivity index (χ0) is 19.1. The molecule has 2 aromatic rings. The van der Waals surface area contributed by atoms with Gasteiger partial charge in [-0.1, -0.05) is 19.9 Å². The molecule has 1 unspecified atom stereocenters. The van der Waals surface area contributed by atoms with E-state index < -0.39 is 5.97 Å². The van der Waals surface area contributed by atoms with Gasteiger partial charge in [0.05, 0.1) is 16.8 Å². The van der Waals surface area contributed by atoms with E-state index >= 15 is 0 Å². The van der Waals surface area contributed by atoms with Crippen molar-refractivity contribution in [3.8, 4) is 0 Å². The molecule has 3 fully saturated rings. The van der Waals surface area contributed by atoms with Crippen molar-refractivity contribution in [1.29, 1.82) is 0 Å². The Hall–Kier alpha value is -1.92. The van der Waals surface area contributed by atoms with Crippen LogP contribution in [0, 0.1) is 18.8 Å². The molecule has 3 aliphatic rings. The molecule has 0 aliphatic carbocycles. The van der Waals surface area contributed by atoms with Crippen LogP contribution >= 0.6 is 0 Å². The van der Waals surface area contributed by atoms with Crippen LogP contribution in [0.15, 0.2) is 12.1 Å². The summed E-state index contributed by atoms with van der Waals surface area (Å²) in [5.41, 5.74) is 2.98. The van der Waals surface area contributed by atoms with Gasteiger partial charge in [-0.2, -0.15) is 5.10 Å². The molecule has 146 valence electrons. The molecule has 27 heavy (non-hydrogen) atoms. The third kappa shape index (κ3) is 3.48. The molecule has 0 spiro atoms. The van der Waals surface area contributed by atoms with Crippen LogP contribution in [0.5, 0.6) is 0 Å². The lowest BCUT2D eigenvalue weighted by Crippen LogP contribution is -2.55. The van der Waals surface area contributed by atoms with Crippen LogP contribution in [-0.4, -0.2) is 51.4 Å². The van der Waals surface area contributed by atoms with E-state index in [2.05, 4.69) is 24.1 Å². The number of nitrogens with zero attached hydrogens (tertiary/aromatic N) is 3. The zero-order valence-corrected chi connectivity index (χ0v) is 16.5. The summed E-state index contributed by atoms with van der Waals surface area (Å²) >= 11 is 0. The number of carboxylic acid groups (broad SMARTS) is 1. The topological polar surface area (TPSA) is 70.4 Å². The summed E-state index contributed by atoms with van der Waals surface area (Å²) in [4.78, 5) is 14.5. The number of nitrogens with one attached hydrogen (secondary N) is 1. The Morgan fingerprint density at radius 1 is 1.33 bits per heavy atom. The van der Waals surface area contributed by atoms with Crippen molar-refractivity contribution >= 4 is 16.9 Å². The summed E-state index contributed by atoms with van der Waals surface area (Å²) in [6.07, 6.45) is 2.53. The number of aryl methyl sites for hydroxylation is 1. The Morgan fingerprint density at radius 3 is 2.67 bits per heavy atom. The second-order valence-electron chi connectivity index (χ2n) is 8.60. The number of fused-ring (bicyclic) bond motifs is 4. The van der Waals surface area contributed by atoms with Gasteiger partial charge in [0.25, 0.3) is 0 Å². The van der Waals surface area contributed by atoms with Gasteiger partial charge in [0, 0.05) is 31.1 Å². The maximum atomic E-state index is 12.0. The lowest BCUT2D eigenvalue weighted by atomic mass is 9.84. The minimum atomic E-state index is -0.869. The van der Waals surface area contributed by atoms with E-state index in [1.165, 1.54) is 25.9 Å². The highest BCUT2D eigenvalue weighted by atomic mass is 16.4. The third-order valence-electron chi connectivity index (χ3n) is 6.14. The molecule has 3 aliphatic heterocycles. The second-order valence-corrected chi connectivity index (χ2v) is 8.60. The maximum absolute atomic E-state index is 12.0. The molecular weight excluding hydrogens is 340 g/mol. The molecule has 6 heteroatoms. The SMILES string of the molecule is Cc1ccc2c(c(CNC3CN4CCC3CC4)nn2CC(C)C)c1C(=O)O. The van der Waals surface area contributed by atoms with Crippen molar-refractivity contribution in [3.63, 3.8) is 0 Å². The van der Waals surface area contributed by atoms with E-state index in [-0.39, 0.29) is 0 Å². The van der Waals surface area contributed by atoms with E-state index in [0.29, 0.717) is 24.1 Å². The van der Waals surface area contributed by atoms with Crippen molar-refractivity contribution in [2.75, 3.05) is 19.6 Å². The van der Waals surface area contributed by atoms with Crippen molar-refractivity contribution in [2.24, 2.45) is 11.8 Å². The van der Waals surface area contributed by atoms with Crippen molar-refractivity contribution in [2.45, 2.75) is 52.7 Å². The highest BCUT2D eigenvalue weighted by molar-refractivity contribution is 6.05. The molecular formula is C21H30N4O2. The number of hydrogen-bond acceptors (Lipinski definition) is 4. The quantitative estimate of drug-likeness (QED) is 0.818. The molecule has 0 amide bonds. The van der Waals surface area contributed by atoms with Gasteiger partial charge < -0.3 is 15.3 Å². The van der Waals surface area contributed by atoms with Gasteiger partial charge in [0.1, 0.15) is 0 Å². The molecule has 0 saturated carbocycles. The number of carbonyl (C=O) groups is 1. The Kier molecular flexibility index (Phi) is 4.95. The molecule has 1 atom stereocenters. The van der Waals surface area contributed by atoms with Gasteiger partial charge >= 0.3 is 5.97 Å². The van der Waals surface area contributed by atoms with Gasteiger partial charge in [-0.25, -0.2) is 4.79 Å². The first-order chi connectivity index (χ1) is 12.9. The first kappa shape index (κ1) is 18.4. The summed E-state index contributed by atoms with van der Waals surface area (Å²) < 4.78 is 1.99. The number of hydrogen-bond donors (Lipinski definition) is 2. The first-order valence-corrected chi connectivity index (χ1v) is 10.1. The Bertz CT molecular complexity index is 849. The summed E-state index contributed by atoms with van der Waals surface area (Å²) in [7, 11) is 0. The smallest absolute Gasteiger partial charge is 0.336 e. The molecule has 1 aromatic heterocycles. The normalized spacial score (nSPS) is 24.8. The average Bonchev–Trinajstić information content (AvgIpc) is 2.97. The highest BCUT2D eigenvalue weighted by Crippen LogP contribution is 2.30. The summed E-state index contributed by atoms with van der Waals surface area (Å²) in [6.45, 7) is 11.1. The third-order valence-corrected chi connectivity index (χ3v) is 6.14. The van der Waals surface area contributed by atoms with Crippen LogP contribution < -0.4 is 5.32 Å². The molecule has 3 saturated heterocycles. The minimum absolute atomic E-state index is 0.397. The lowest BCUT2D eigenvalue weighted by molar-refractivity contribution is 0.0697. The maximum Gasteiger partial charge on any atom is 0.336 e. The van der Waals surface area contributed by atoms with E-state index in [4.69, 9.17) is 5.10 Å². The van der Waals surface area contributed by atoms with Crippen LogP contribution in [0.2, 0.25) is 0 Å². The van der Waals surface area contributed by atoms with Gasteiger partial charge in [0.2, 0.25) is 0 Å². The van der Waals surface area contributed by atoms with E-state index in [0.717, 1.165) is 41.2 Å². The predicted molar refractivity (Wildman–Crippen MR) is 106 cm³/mol. The number of aromatic carboxylic acids is 1. The molecule has 5 rings (SSSR count). The fourth-order valence-electron chi connectivity index (χ4n) is 4.76. The van der Waals surface area contributed by atoms with Gasteiger partial charge in [0.15, 0.2) is 0 Å². The standard InChI is InChI=1S/C21H30N4O2/c1-13(2)11-25-18-5-4-14(3)19(21(26)27)20(18)16(23-25)10-22-17-12-24-8-6-15(17)7-9-24/h4-5,13,15,17,22H,6-12H2,1-3H3,(H,26,27). The van der Waals surface area contributed by atoms with Crippen LogP contribution in [0.25, 0.3) is 10.9 Å². The van der Waals surface area contributed by atoms with Gasteiger partial charge in [-0.15, -0.1) is 0 Å². The number of carboxylic acids is 1. The largest absolute Gasteiger partial charge is 0.478 e. The van der Waals surface area contributed by atoms with Crippen molar-refractivity contribution < 1.29 is 9.90 Å². The molecule has 1 aromatic carbocycles. The number of benzene rings is 1. The van der Waals surface area contributed by atoms with E-state index in [9.17, 15) is 9.90 Å². The van der Waals surface area contributed by atoms with E-state index in [1.54, 1.807) is 0 Å². The molecule has 4 heterocycles. The average molecular weight is 370 g/mol. The summed E-state index contributed by atoms with van der Waals surface area (Å²) in [5, 5.41) is 19.2. The second kappa shape index (κ2) is 7.24. The fourth-order valence-corrected chi connectivity index (χ4v) is 4.76. The highest BCUT2D eigenvalue weighted by Gasteiger charge is 2.34. The van der Waals surface area contributed by atoms with Crippen LogP contribution in [0.1, 0.15) is 48.3 Å². The number of aromatic nitrogens is 2. The lowest BCUT2D eigenvalue weighted by Gasteiger charge is -2.45. The van der Waals surface area contributed by atoms with Crippen LogP contribution in [-0.2, 0) is 13.1 Å².